The fourth-order valence-corrected chi connectivity index (χ4v) is 4.01. The van der Waals surface area contributed by atoms with Crippen molar-refractivity contribution in [2.75, 3.05) is 10.7 Å². The minimum Gasteiger partial charge on any atom is -0.336 e. The standard InChI is InChI=1S/C22H24N4O2/c1-22(11-12-22)25(16-5-3-2-4-6-16)17-9-10-19-18(13-17)20(27)26(23)21(28)24(19)14-15-7-8-15/h2-6,9-10,13,15H,7-8,11-12,14,23H2,1H3. The molecule has 1 heterocycles. The van der Waals surface area contributed by atoms with Crippen LogP contribution in [-0.2, 0) is 6.54 Å². The highest BCUT2D eigenvalue weighted by Crippen LogP contribution is 2.48. The molecular formula is C22H24N4O2. The van der Waals surface area contributed by atoms with Crippen LogP contribution in [0.15, 0.2) is 58.1 Å². The molecule has 1 aromatic heterocycles. The molecular weight excluding hydrogens is 352 g/mol. The molecule has 3 aromatic rings. The molecule has 5 rings (SSSR count). The van der Waals surface area contributed by atoms with Gasteiger partial charge in [0.05, 0.1) is 10.9 Å². The molecule has 2 aliphatic rings. The van der Waals surface area contributed by atoms with Gasteiger partial charge in [0.25, 0.3) is 5.56 Å². The number of rotatable bonds is 5. The maximum Gasteiger partial charge on any atom is 0.350 e. The molecule has 2 aromatic carbocycles. The Balaban J connectivity index is 1.71. The van der Waals surface area contributed by atoms with E-state index in [4.69, 9.17) is 5.84 Å². The summed E-state index contributed by atoms with van der Waals surface area (Å²) in [5.74, 6) is 6.34. The quantitative estimate of drug-likeness (QED) is 0.695. The van der Waals surface area contributed by atoms with E-state index in [0.29, 0.717) is 23.4 Å². The fourth-order valence-electron chi connectivity index (χ4n) is 4.01. The van der Waals surface area contributed by atoms with Crippen LogP contribution in [-0.4, -0.2) is 14.8 Å². The second-order valence-electron chi connectivity index (χ2n) is 8.38. The van der Waals surface area contributed by atoms with Crippen LogP contribution >= 0.6 is 0 Å². The van der Waals surface area contributed by atoms with Crippen molar-refractivity contribution in [3.8, 4) is 0 Å². The lowest BCUT2D eigenvalue weighted by atomic mass is 10.1. The summed E-state index contributed by atoms with van der Waals surface area (Å²) >= 11 is 0. The SMILES string of the molecule is CC1(N(c2ccccc2)c2ccc3c(c2)c(=O)n(N)c(=O)n3CC2CC2)CC1. The third kappa shape index (κ3) is 2.71. The summed E-state index contributed by atoms with van der Waals surface area (Å²) in [4.78, 5) is 27.6. The Morgan fingerprint density at radius 3 is 2.43 bits per heavy atom. The lowest BCUT2D eigenvalue weighted by Crippen LogP contribution is -2.45. The van der Waals surface area contributed by atoms with E-state index in [0.717, 1.165) is 41.7 Å². The Morgan fingerprint density at radius 1 is 1.07 bits per heavy atom. The number of nitrogens with two attached hydrogens (primary N) is 1. The summed E-state index contributed by atoms with van der Waals surface area (Å²) in [6.45, 7) is 2.85. The first-order valence-corrected chi connectivity index (χ1v) is 9.88. The molecule has 0 saturated heterocycles. The molecule has 0 atom stereocenters. The second kappa shape index (κ2) is 5.99. The fraction of sp³-hybridized carbons (Fsp3) is 0.364. The van der Waals surface area contributed by atoms with Crippen molar-refractivity contribution in [3.63, 3.8) is 0 Å². The molecule has 0 amide bonds. The highest BCUT2D eigenvalue weighted by molar-refractivity contribution is 5.84. The molecule has 28 heavy (non-hydrogen) atoms. The van der Waals surface area contributed by atoms with Gasteiger partial charge in [0.15, 0.2) is 0 Å². The molecule has 0 spiro atoms. The molecule has 0 radical (unpaired) electrons. The molecule has 0 aliphatic heterocycles. The molecule has 2 fully saturated rings. The molecule has 144 valence electrons. The van der Waals surface area contributed by atoms with Gasteiger partial charge >= 0.3 is 5.69 Å². The highest BCUT2D eigenvalue weighted by Gasteiger charge is 2.44. The van der Waals surface area contributed by atoms with Crippen molar-refractivity contribution in [1.82, 2.24) is 9.24 Å². The van der Waals surface area contributed by atoms with E-state index < -0.39 is 11.2 Å². The van der Waals surface area contributed by atoms with Gasteiger partial charge in [-0.2, -0.15) is 4.68 Å². The minimum atomic E-state index is -0.442. The number of nitrogens with zero attached hydrogens (tertiary/aromatic N) is 3. The molecule has 6 nitrogen and oxygen atoms in total. The lowest BCUT2D eigenvalue weighted by Gasteiger charge is -2.32. The monoisotopic (exact) mass is 376 g/mol. The average molecular weight is 376 g/mol. The summed E-state index contributed by atoms with van der Waals surface area (Å²) < 4.78 is 2.41. The number of anilines is 2. The summed E-state index contributed by atoms with van der Waals surface area (Å²) in [5.41, 5.74) is 1.88. The molecule has 0 bridgehead atoms. The number of hydrogen-bond donors (Lipinski definition) is 1. The highest BCUT2D eigenvalue weighted by atomic mass is 16.2. The average Bonchev–Trinajstić information content (AvgIpc) is 3.63. The predicted molar refractivity (Wildman–Crippen MR) is 112 cm³/mol. The van der Waals surface area contributed by atoms with Crippen LogP contribution in [0.4, 0.5) is 11.4 Å². The first-order chi connectivity index (χ1) is 13.5. The Labute approximate surface area is 162 Å². The normalized spacial score (nSPS) is 17.6. The topological polar surface area (TPSA) is 73.3 Å². The van der Waals surface area contributed by atoms with Crippen molar-refractivity contribution < 1.29 is 0 Å². The van der Waals surface area contributed by atoms with E-state index in [1.807, 2.05) is 36.4 Å². The van der Waals surface area contributed by atoms with Crippen molar-refractivity contribution in [3.05, 3.63) is 69.4 Å². The summed E-state index contributed by atoms with van der Waals surface area (Å²) in [7, 11) is 0. The summed E-state index contributed by atoms with van der Waals surface area (Å²) in [6, 6.07) is 16.0. The number of para-hydroxylation sites is 1. The Morgan fingerprint density at radius 2 is 1.79 bits per heavy atom. The van der Waals surface area contributed by atoms with E-state index in [9.17, 15) is 9.59 Å². The van der Waals surface area contributed by atoms with Crippen molar-refractivity contribution >= 4 is 22.3 Å². The summed E-state index contributed by atoms with van der Waals surface area (Å²) in [5, 5.41) is 0.491. The van der Waals surface area contributed by atoms with E-state index in [-0.39, 0.29) is 5.54 Å². The van der Waals surface area contributed by atoms with Crippen LogP contribution in [0.25, 0.3) is 10.9 Å². The Bertz CT molecular complexity index is 1170. The van der Waals surface area contributed by atoms with Crippen LogP contribution in [0, 0.1) is 5.92 Å². The third-order valence-electron chi connectivity index (χ3n) is 6.08. The lowest BCUT2D eigenvalue weighted by molar-refractivity contribution is 0.590. The van der Waals surface area contributed by atoms with Gasteiger partial charge < -0.3 is 10.7 Å². The van der Waals surface area contributed by atoms with Gasteiger partial charge in [-0.3, -0.25) is 9.36 Å². The van der Waals surface area contributed by atoms with E-state index in [1.54, 1.807) is 4.57 Å². The first-order valence-electron chi connectivity index (χ1n) is 9.88. The number of hydrogen-bond acceptors (Lipinski definition) is 4. The number of benzene rings is 2. The van der Waals surface area contributed by atoms with Gasteiger partial charge in [0.1, 0.15) is 0 Å². The van der Waals surface area contributed by atoms with Crippen LogP contribution in [0.1, 0.15) is 32.6 Å². The van der Waals surface area contributed by atoms with Crippen LogP contribution in [0.2, 0.25) is 0 Å². The molecule has 2 saturated carbocycles. The molecule has 2 N–H and O–H groups in total. The summed E-state index contributed by atoms with van der Waals surface area (Å²) in [6.07, 6.45) is 4.44. The molecule has 0 unspecified atom stereocenters. The number of aromatic nitrogens is 2. The zero-order chi connectivity index (χ0) is 19.5. The Kier molecular flexibility index (Phi) is 3.66. The van der Waals surface area contributed by atoms with Crippen LogP contribution in [0.5, 0.6) is 0 Å². The van der Waals surface area contributed by atoms with Gasteiger partial charge in [0, 0.05) is 23.5 Å². The van der Waals surface area contributed by atoms with E-state index >= 15 is 0 Å². The zero-order valence-corrected chi connectivity index (χ0v) is 16.0. The minimum absolute atomic E-state index is 0.0409. The molecule has 6 heteroatoms. The van der Waals surface area contributed by atoms with Gasteiger partial charge in [-0.1, -0.05) is 18.2 Å². The zero-order valence-electron chi connectivity index (χ0n) is 16.0. The maximum atomic E-state index is 12.8. The maximum absolute atomic E-state index is 12.8. The third-order valence-corrected chi connectivity index (χ3v) is 6.08. The van der Waals surface area contributed by atoms with Crippen molar-refractivity contribution in [1.29, 1.82) is 0 Å². The van der Waals surface area contributed by atoms with E-state index in [1.165, 1.54) is 0 Å². The first kappa shape index (κ1) is 17.1. The van der Waals surface area contributed by atoms with Gasteiger partial charge in [-0.05, 0) is 68.9 Å². The number of fused-ring (bicyclic) bond motifs is 1. The second-order valence-corrected chi connectivity index (χ2v) is 8.38. The van der Waals surface area contributed by atoms with Crippen LogP contribution in [0.3, 0.4) is 0 Å². The van der Waals surface area contributed by atoms with Gasteiger partial charge in [-0.25, -0.2) is 4.79 Å². The van der Waals surface area contributed by atoms with Gasteiger partial charge in [-0.15, -0.1) is 0 Å². The molecule has 2 aliphatic carbocycles. The van der Waals surface area contributed by atoms with Crippen LogP contribution < -0.4 is 22.0 Å². The number of nitrogen functional groups attached to an aromatic ring is 1. The smallest absolute Gasteiger partial charge is 0.336 e. The van der Waals surface area contributed by atoms with Crippen molar-refractivity contribution in [2.45, 2.75) is 44.7 Å². The van der Waals surface area contributed by atoms with Gasteiger partial charge in [0.2, 0.25) is 0 Å². The van der Waals surface area contributed by atoms with E-state index in [2.05, 4.69) is 24.0 Å². The Hall–Kier alpha value is -3.02. The largest absolute Gasteiger partial charge is 0.350 e. The van der Waals surface area contributed by atoms with Crippen molar-refractivity contribution in [2.24, 2.45) is 5.92 Å². The predicted octanol–water partition coefficient (Wildman–Crippen LogP) is 2.98.